The van der Waals surface area contributed by atoms with Gasteiger partial charge in [0.2, 0.25) is 6.04 Å². The van der Waals surface area contributed by atoms with Crippen LogP contribution in [-0.4, -0.2) is 45.2 Å². The van der Waals surface area contributed by atoms with Crippen molar-refractivity contribution in [1.82, 2.24) is 0 Å². The molecule has 0 heterocycles. The van der Waals surface area contributed by atoms with Crippen LogP contribution in [0, 0.1) is 0 Å². The van der Waals surface area contributed by atoms with E-state index in [-0.39, 0.29) is 17.1 Å². The molecular weight excluding hydrogens is 473 g/mol. The molecule has 1 unspecified atom stereocenters. The minimum absolute atomic E-state index is 0.221. The number of ketones is 1. The summed E-state index contributed by atoms with van der Waals surface area (Å²) < 4.78 is 22.3. The van der Waals surface area contributed by atoms with Crippen LogP contribution < -0.4 is 23.4 Å². The van der Waals surface area contributed by atoms with E-state index in [4.69, 9.17) is 42.3 Å². The Kier molecular flexibility index (Phi) is 9.74. The second-order valence-electron chi connectivity index (χ2n) is 6.50. The van der Waals surface area contributed by atoms with Gasteiger partial charge in [0.05, 0.1) is 38.1 Å². The lowest BCUT2D eigenvalue weighted by Crippen LogP contribution is -2.36. The first kappa shape index (κ1) is 26.2. The van der Waals surface area contributed by atoms with Crippen LogP contribution in [0.2, 0.25) is 5.02 Å². The van der Waals surface area contributed by atoms with Gasteiger partial charge in [-0.15, -0.1) is 0 Å². The average Bonchev–Trinajstić information content (AvgIpc) is 2.80. The maximum atomic E-state index is 13.0. The molecule has 0 bridgehead atoms. The van der Waals surface area contributed by atoms with Crippen molar-refractivity contribution in [3.05, 3.63) is 35.4 Å². The van der Waals surface area contributed by atoms with Crippen LogP contribution in [0.25, 0.3) is 0 Å². The highest BCUT2D eigenvalue weighted by Gasteiger charge is 2.29. The zero-order chi connectivity index (χ0) is 24.5. The highest BCUT2D eigenvalue weighted by atomic mass is 35.5. The fourth-order valence-electron chi connectivity index (χ4n) is 2.74. The van der Waals surface area contributed by atoms with Crippen LogP contribution in [0.3, 0.4) is 0 Å². The molecule has 0 aliphatic rings. The van der Waals surface area contributed by atoms with Gasteiger partial charge in [0, 0.05) is 30.0 Å². The number of hydrogen-bond acceptors (Lipinski definition) is 8. The number of azo groups is 1. The normalized spacial score (nSPS) is 11.7. The number of Topliss-reactive ketones (excluding diaryl/α,β-unsaturated/α-hetero) is 1. The molecule has 0 fully saturated rings. The number of nitrogens with zero attached hydrogens (tertiary/aromatic N) is 3. The van der Waals surface area contributed by atoms with Crippen molar-refractivity contribution in [3.63, 3.8) is 0 Å². The second-order valence-corrected chi connectivity index (χ2v) is 7.25. The van der Waals surface area contributed by atoms with Crippen LogP contribution in [-0.2, 0) is 9.59 Å². The predicted molar refractivity (Wildman–Crippen MR) is 126 cm³/mol. The van der Waals surface area contributed by atoms with Gasteiger partial charge < -0.3 is 18.9 Å². The number of anilines is 1. The third kappa shape index (κ3) is 6.49. The van der Waals surface area contributed by atoms with Gasteiger partial charge in [-0.05, 0) is 32.9 Å². The third-order valence-electron chi connectivity index (χ3n) is 4.30. The Bertz CT molecular complexity index is 1030. The molecule has 33 heavy (non-hydrogen) atoms. The molecular formula is C22H25Cl2N3O6. The van der Waals surface area contributed by atoms with Crippen molar-refractivity contribution in [2.45, 2.75) is 26.8 Å². The fourth-order valence-corrected chi connectivity index (χ4v) is 3.17. The third-order valence-corrected chi connectivity index (χ3v) is 4.96. The molecule has 2 aromatic rings. The number of carbonyl (C=O) groups is 2. The molecule has 11 heteroatoms. The lowest BCUT2D eigenvalue weighted by atomic mass is 10.2. The number of amides is 1. The lowest BCUT2D eigenvalue weighted by Gasteiger charge is -2.19. The number of methoxy groups -OCH3 is 2. The molecule has 0 saturated carbocycles. The maximum Gasteiger partial charge on any atom is 0.276 e. The van der Waals surface area contributed by atoms with Gasteiger partial charge in [0.25, 0.3) is 5.91 Å². The molecule has 0 aliphatic carbocycles. The predicted octanol–water partition coefficient (Wildman–Crippen LogP) is 5.38. The molecule has 2 aromatic carbocycles. The molecule has 178 valence electrons. The molecule has 0 spiro atoms. The Hall–Kier alpha value is -3.04. The molecule has 0 radical (unpaired) electrons. The summed E-state index contributed by atoms with van der Waals surface area (Å²) in [6.07, 6.45) is 0. The highest BCUT2D eigenvalue weighted by Crippen LogP contribution is 2.38. The molecule has 1 amide bonds. The lowest BCUT2D eigenvalue weighted by molar-refractivity contribution is -0.126. The Morgan fingerprint density at radius 2 is 1.61 bits per heavy atom. The number of benzene rings is 2. The largest absolute Gasteiger partial charge is 0.495 e. The van der Waals surface area contributed by atoms with E-state index in [1.807, 2.05) is 13.8 Å². The van der Waals surface area contributed by atoms with Crippen molar-refractivity contribution in [3.8, 4) is 23.0 Å². The number of hydrogen-bond donors (Lipinski definition) is 0. The van der Waals surface area contributed by atoms with Gasteiger partial charge in [-0.1, -0.05) is 11.6 Å². The zero-order valence-electron chi connectivity index (χ0n) is 18.9. The van der Waals surface area contributed by atoms with Gasteiger partial charge in [-0.3, -0.25) is 9.59 Å². The molecule has 9 nitrogen and oxygen atoms in total. The van der Waals surface area contributed by atoms with E-state index in [1.165, 1.54) is 33.3 Å². The Morgan fingerprint density at radius 1 is 0.970 bits per heavy atom. The topological polar surface area (TPSA) is 99.0 Å². The summed E-state index contributed by atoms with van der Waals surface area (Å²) in [5.41, 5.74) is 0.499. The maximum absolute atomic E-state index is 13.0. The Morgan fingerprint density at radius 3 is 2.18 bits per heavy atom. The molecule has 0 aliphatic heterocycles. The highest BCUT2D eigenvalue weighted by molar-refractivity contribution is 6.39. The summed E-state index contributed by atoms with van der Waals surface area (Å²) in [6.45, 7) is 5.70. The van der Waals surface area contributed by atoms with Crippen molar-refractivity contribution in [2.24, 2.45) is 10.2 Å². The Labute approximate surface area is 202 Å². The molecule has 0 N–H and O–H groups in total. The van der Waals surface area contributed by atoms with Crippen LogP contribution in [0.4, 0.5) is 11.4 Å². The fraction of sp³-hybridized carbons (Fsp3) is 0.364. The van der Waals surface area contributed by atoms with E-state index in [9.17, 15) is 9.59 Å². The summed E-state index contributed by atoms with van der Waals surface area (Å²) in [7, 11) is 2.86. The Balaban J connectivity index is 2.36. The first-order chi connectivity index (χ1) is 15.8. The number of rotatable bonds is 11. The quantitative estimate of drug-likeness (QED) is 0.234. The number of ether oxygens (including phenoxy) is 4. The monoisotopic (exact) mass is 497 g/mol. The van der Waals surface area contributed by atoms with Crippen LogP contribution in [0.1, 0.15) is 20.8 Å². The van der Waals surface area contributed by atoms with E-state index in [0.29, 0.717) is 35.5 Å². The van der Waals surface area contributed by atoms with E-state index in [0.717, 1.165) is 4.42 Å². The van der Waals surface area contributed by atoms with Crippen molar-refractivity contribution in [2.75, 3.05) is 31.9 Å². The van der Waals surface area contributed by atoms with Crippen LogP contribution >= 0.6 is 23.4 Å². The van der Waals surface area contributed by atoms with E-state index in [1.54, 1.807) is 18.2 Å². The standard InChI is InChI=1S/C22H25Cl2N3O6/c1-6-32-17-9-8-14(10-20(17)33-7-2)27(24)22(29)21(13(3)28)26-25-16-12-18(30-4)15(23)11-19(16)31-5/h8-12,21H,6-7H2,1-5H3. The smallest absolute Gasteiger partial charge is 0.276 e. The van der Waals surface area contributed by atoms with Crippen LogP contribution in [0.15, 0.2) is 40.6 Å². The minimum atomic E-state index is -1.49. The second kappa shape index (κ2) is 12.3. The summed E-state index contributed by atoms with van der Waals surface area (Å²) in [6, 6.07) is 6.21. The van der Waals surface area contributed by atoms with Gasteiger partial charge in [-0.25, -0.2) is 4.42 Å². The summed E-state index contributed by atoms with van der Waals surface area (Å²) in [5, 5.41) is 8.25. The number of halogens is 2. The SMILES string of the molecule is CCOc1ccc(N(Cl)C(=O)C(N=Nc2cc(OC)c(Cl)cc2OC)C(C)=O)cc1OCC. The number of carbonyl (C=O) groups excluding carboxylic acids is 2. The van der Waals surface area contributed by atoms with Crippen molar-refractivity contribution >= 4 is 46.4 Å². The zero-order valence-corrected chi connectivity index (χ0v) is 20.4. The van der Waals surface area contributed by atoms with E-state index >= 15 is 0 Å². The van der Waals surface area contributed by atoms with E-state index < -0.39 is 17.7 Å². The van der Waals surface area contributed by atoms with Gasteiger partial charge in [0.15, 0.2) is 17.3 Å². The van der Waals surface area contributed by atoms with Crippen molar-refractivity contribution in [1.29, 1.82) is 0 Å². The van der Waals surface area contributed by atoms with Gasteiger partial charge >= 0.3 is 0 Å². The molecule has 0 aromatic heterocycles. The molecule has 0 saturated heterocycles. The van der Waals surface area contributed by atoms with Gasteiger partial charge in [-0.2, -0.15) is 10.2 Å². The van der Waals surface area contributed by atoms with Gasteiger partial charge in [0.1, 0.15) is 17.2 Å². The average molecular weight is 498 g/mol. The van der Waals surface area contributed by atoms with E-state index in [2.05, 4.69) is 10.2 Å². The minimum Gasteiger partial charge on any atom is -0.495 e. The first-order valence-electron chi connectivity index (χ1n) is 9.99. The summed E-state index contributed by atoms with van der Waals surface area (Å²) in [5.74, 6) is 0.190. The molecule has 2 rings (SSSR count). The summed E-state index contributed by atoms with van der Waals surface area (Å²) in [4.78, 5) is 25.2. The summed E-state index contributed by atoms with van der Waals surface area (Å²) >= 11 is 12.4. The first-order valence-corrected chi connectivity index (χ1v) is 10.7. The van der Waals surface area contributed by atoms with Crippen molar-refractivity contribution < 1.29 is 28.5 Å². The van der Waals surface area contributed by atoms with Crippen LogP contribution in [0.5, 0.6) is 23.0 Å². The molecule has 1 atom stereocenters.